The topological polar surface area (TPSA) is 52.6 Å². The van der Waals surface area contributed by atoms with Crippen molar-refractivity contribution in [3.8, 4) is 0 Å². The monoisotopic (exact) mass is 331 g/mol. The Hall–Kier alpha value is -1.78. The van der Waals surface area contributed by atoms with Crippen LogP contribution in [0.1, 0.15) is 57.9 Å². The molecular formula is C19H33N5. The Morgan fingerprint density at radius 2 is 1.96 bits per heavy atom. The highest BCUT2D eigenvalue weighted by atomic mass is 15.2. The first-order valence-corrected chi connectivity index (χ1v) is 9.55. The normalized spacial score (nSPS) is 14.9. The summed E-state index contributed by atoms with van der Waals surface area (Å²) in [5.74, 6) is 2.00. The highest BCUT2D eigenvalue weighted by Gasteiger charge is 2.12. The van der Waals surface area contributed by atoms with Gasteiger partial charge < -0.3 is 15.5 Å². The van der Waals surface area contributed by atoms with Crippen LogP contribution in [0.4, 0.5) is 5.82 Å². The molecule has 2 heterocycles. The summed E-state index contributed by atoms with van der Waals surface area (Å²) in [5.41, 5.74) is 1.15. The van der Waals surface area contributed by atoms with Gasteiger partial charge in [-0.2, -0.15) is 0 Å². The molecule has 1 fully saturated rings. The number of anilines is 1. The number of rotatable bonds is 9. The lowest BCUT2D eigenvalue weighted by atomic mass is 10.2. The third kappa shape index (κ3) is 6.38. The minimum absolute atomic E-state index is 0.664. The second-order valence-corrected chi connectivity index (χ2v) is 6.40. The lowest BCUT2D eigenvalue weighted by molar-refractivity contribution is 0.647. The van der Waals surface area contributed by atoms with E-state index in [9.17, 15) is 0 Å². The highest BCUT2D eigenvalue weighted by molar-refractivity contribution is 5.79. The molecule has 0 radical (unpaired) electrons. The molecular weight excluding hydrogens is 298 g/mol. The Morgan fingerprint density at radius 3 is 2.62 bits per heavy atom. The summed E-state index contributed by atoms with van der Waals surface area (Å²) in [6.45, 7) is 9.14. The number of aromatic nitrogens is 1. The molecule has 134 valence electrons. The highest BCUT2D eigenvalue weighted by Crippen LogP contribution is 2.17. The third-order valence-electron chi connectivity index (χ3n) is 4.33. The number of guanidine groups is 1. The molecule has 1 saturated heterocycles. The average molecular weight is 332 g/mol. The Balaban J connectivity index is 1.81. The number of nitrogens with zero attached hydrogens (tertiary/aromatic N) is 3. The van der Waals surface area contributed by atoms with Crippen LogP contribution < -0.4 is 15.5 Å². The molecule has 5 heteroatoms. The zero-order valence-electron chi connectivity index (χ0n) is 15.4. The van der Waals surface area contributed by atoms with Gasteiger partial charge in [-0.05, 0) is 37.8 Å². The fraction of sp³-hybridized carbons (Fsp3) is 0.684. The molecule has 1 aromatic heterocycles. The molecule has 5 nitrogen and oxygen atoms in total. The minimum atomic E-state index is 0.664. The molecule has 1 aliphatic rings. The van der Waals surface area contributed by atoms with Crippen LogP contribution in [0.3, 0.4) is 0 Å². The van der Waals surface area contributed by atoms with Crippen LogP contribution in [0, 0.1) is 0 Å². The van der Waals surface area contributed by atoms with Crippen LogP contribution in [0.25, 0.3) is 0 Å². The van der Waals surface area contributed by atoms with E-state index in [1.807, 2.05) is 6.20 Å². The number of hydrogen-bond donors (Lipinski definition) is 2. The van der Waals surface area contributed by atoms with E-state index in [1.54, 1.807) is 0 Å². The number of nitrogens with one attached hydrogen (secondary N) is 2. The van der Waals surface area contributed by atoms with E-state index >= 15 is 0 Å². The van der Waals surface area contributed by atoms with Crippen molar-refractivity contribution in [2.24, 2.45) is 4.99 Å². The summed E-state index contributed by atoms with van der Waals surface area (Å²) in [7, 11) is 0. The van der Waals surface area contributed by atoms with Gasteiger partial charge in [0.05, 0.1) is 6.54 Å². The Bertz CT molecular complexity index is 477. The second-order valence-electron chi connectivity index (χ2n) is 6.40. The van der Waals surface area contributed by atoms with E-state index in [0.29, 0.717) is 6.54 Å². The first kappa shape index (κ1) is 18.6. The number of aliphatic imine (C=N–C) groups is 1. The van der Waals surface area contributed by atoms with E-state index in [4.69, 9.17) is 0 Å². The molecule has 24 heavy (non-hydrogen) atoms. The molecule has 2 rings (SSSR count). The van der Waals surface area contributed by atoms with Crippen LogP contribution in [0.15, 0.2) is 23.3 Å². The molecule has 0 atom stereocenters. The Kier molecular flexibility index (Phi) is 8.42. The number of unbranched alkanes of at least 4 members (excludes halogenated alkanes) is 3. The summed E-state index contributed by atoms with van der Waals surface area (Å²) >= 11 is 0. The summed E-state index contributed by atoms with van der Waals surface area (Å²) < 4.78 is 0. The van der Waals surface area contributed by atoms with Crippen molar-refractivity contribution in [3.63, 3.8) is 0 Å². The molecule has 0 saturated carbocycles. The first-order chi connectivity index (χ1) is 11.8. The van der Waals surface area contributed by atoms with Crippen molar-refractivity contribution in [2.45, 2.75) is 58.9 Å². The maximum atomic E-state index is 4.67. The maximum absolute atomic E-state index is 4.67. The fourth-order valence-corrected chi connectivity index (χ4v) is 2.91. The van der Waals surface area contributed by atoms with E-state index in [1.165, 1.54) is 38.5 Å². The standard InChI is InChI=1S/C19H33N5/c1-3-5-6-7-12-21-19(20-4-2)23-16-17-10-11-18(22-15-17)24-13-8-9-14-24/h10-11,15H,3-9,12-14,16H2,1-2H3,(H2,20,21,23). The maximum Gasteiger partial charge on any atom is 0.191 e. The molecule has 1 aromatic rings. The van der Waals surface area contributed by atoms with Crippen molar-refractivity contribution in [1.29, 1.82) is 0 Å². The second kappa shape index (κ2) is 10.9. The van der Waals surface area contributed by atoms with Gasteiger partial charge in [0.15, 0.2) is 5.96 Å². The van der Waals surface area contributed by atoms with Crippen molar-refractivity contribution in [3.05, 3.63) is 23.9 Å². The van der Waals surface area contributed by atoms with E-state index in [0.717, 1.165) is 43.5 Å². The van der Waals surface area contributed by atoms with Crippen LogP contribution in [-0.4, -0.2) is 37.1 Å². The van der Waals surface area contributed by atoms with E-state index in [-0.39, 0.29) is 0 Å². The molecule has 0 spiro atoms. The van der Waals surface area contributed by atoms with Crippen LogP contribution in [-0.2, 0) is 6.54 Å². The summed E-state index contributed by atoms with van der Waals surface area (Å²) in [6.07, 6.45) is 9.59. The number of pyridine rings is 1. The van der Waals surface area contributed by atoms with Gasteiger partial charge in [0.2, 0.25) is 0 Å². The van der Waals surface area contributed by atoms with Gasteiger partial charge >= 0.3 is 0 Å². The lowest BCUT2D eigenvalue weighted by Crippen LogP contribution is -2.37. The van der Waals surface area contributed by atoms with Crippen molar-refractivity contribution >= 4 is 11.8 Å². The molecule has 0 aromatic carbocycles. The van der Waals surface area contributed by atoms with Crippen LogP contribution in [0.5, 0.6) is 0 Å². The molecule has 1 aliphatic heterocycles. The number of hydrogen-bond acceptors (Lipinski definition) is 3. The Labute approximate surface area is 147 Å². The van der Waals surface area contributed by atoms with Gasteiger partial charge in [-0.25, -0.2) is 9.98 Å². The molecule has 2 N–H and O–H groups in total. The zero-order chi connectivity index (χ0) is 17.0. The fourth-order valence-electron chi connectivity index (χ4n) is 2.91. The minimum Gasteiger partial charge on any atom is -0.357 e. The first-order valence-electron chi connectivity index (χ1n) is 9.55. The summed E-state index contributed by atoms with van der Waals surface area (Å²) in [5, 5.41) is 6.73. The van der Waals surface area contributed by atoms with Crippen molar-refractivity contribution < 1.29 is 0 Å². The molecule has 0 unspecified atom stereocenters. The summed E-state index contributed by atoms with van der Waals surface area (Å²) in [6, 6.07) is 4.27. The SMILES string of the molecule is CCCCCCNC(=NCc1ccc(N2CCCC2)nc1)NCC. The quantitative estimate of drug-likeness (QED) is 0.414. The Morgan fingerprint density at radius 1 is 1.12 bits per heavy atom. The van der Waals surface area contributed by atoms with Gasteiger partial charge in [-0.15, -0.1) is 0 Å². The summed E-state index contributed by atoms with van der Waals surface area (Å²) in [4.78, 5) is 11.6. The van der Waals surface area contributed by atoms with Gasteiger partial charge in [-0.3, -0.25) is 0 Å². The predicted octanol–water partition coefficient (Wildman–Crippen LogP) is 3.32. The van der Waals surface area contributed by atoms with Gasteiger partial charge in [-0.1, -0.05) is 32.3 Å². The van der Waals surface area contributed by atoms with E-state index in [2.05, 4.69) is 51.5 Å². The van der Waals surface area contributed by atoms with Crippen molar-refractivity contribution in [2.75, 3.05) is 31.1 Å². The van der Waals surface area contributed by atoms with Gasteiger partial charge in [0.25, 0.3) is 0 Å². The average Bonchev–Trinajstić information content (AvgIpc) is 3.14. The van der Waals surface area contributed by atoms with Crippen LogP contribution >= 0.6 is 0 Å². The largest absolute Gasteiger partial charge is 0.357 e. The smallest absolute Gasteiger partial charge is 0.191 e. The van der Waals surface area contributed by atoms with Crippen molar-refractivity contribution in [1.82, 2.24) is 15.6 Å². The van der Waals surface area contributed by atoms with Crippen LogP contribution in [0.2, 0.25) is 0 Å². The third-order valence-corrected chi connectivity index (χ3v) is 4.33. The zero-order valence-corrected chi connectivity index (χ0v) is 15.4. The predicted molar refractivity (Wildman–Crippen MR) is 103 cm³/mol. The molecule has 0 aliphatic carbocycles. The van der Waals surface area contributed by atoms with Gasteiger partial charge in [0, 0.05) is 32.4 Å². The van der Waals surface area contributed by atoms with E-state index < -0.39 is 0 Å². The molecule has 0 amide bonds. The molecule has 0 bridgehead atoms. The van der Waals surface area contributed by atoms with Gasteiger partial charge in [0.1, 0.15) is 5.82 Å². The lowest BCUT2D eigenvalue weighted by Gasteiger charge is -2.16.